The van der Waals surface area contributed by atoms with Crippen LogP contribution < -0.4 is 10.6 Å². The molecule has 2 N–H and O–H groups in total. The van der Waals surface area contributed by atoms with E-state index in [2.05, 4.69) is 39.2 Å². The third-order valence-electron chi connectivity index (χ3n) is 4.31. The Bertz CT molecular complexity index is 746. The van der Waals surface area contributed by atoms with Crippen LogP contribution in [0.15, 0.2) is 40.0 Å². The maximum absolute atomic E-state index is 5.38. The van der Waals surface area contributed by atoms with Crippen molar-refractivity contribution in [3.05, 3.63) is 48.0 Å². The molecular formula is C19H28N6O. The average Bonchev–Trinajstić information content (AvgIpc) is 3.28. The zero-order valence-electron chi connectivity index (χ0n) is 15.7. The van der Waals surface area contributed by atoms with Crippen molar-refractivity contribution in [2.45, 2.75) is 52.1 Å². The van der Waals surface area contributed by atoms with E-state index in [1.54, 1.807) is 6.26 Å². The molecule has 0 saturated heterocycles. The van der Waals surface area contributed by atoms with Crippen LogP contribution in [0.2, 0.25) is 0 Å². The van der Waals surface area contributed by atoms with Gasteiger partial charge in [-0.1, -0.05) is 19.1 Å². The number of hydrogen-bond acceptors (Lipinski definition) is 4. The number of rotatable bonds is 7. The summed E-state index contributed by atoms with van der Waals surface area (Å²) in [5.74, 6) is 3.79. The predicted molar refractivity (Wildman–Crippen MR) is 102 cm³/mol. The molecule has 0 bridgehead atoms. The Morgan fingerprint density at radius 3 is 3.12 bits per heavy atom. The molecule has 1 aliphatic heterocycles. The van der Waals surface area contributed by atoms with Gasteiger partial charge in [0.25, 0.3) is 0 Å². The van der Waals surface area contributed by atoms with Gasteiger partial charge in [0.1, 0.15) is 11.6 Å². The van der Waals surface area contributed by atoms with E-state index >= 15 is 0 Å². The molecule has 0 radical (unpaired) electrons. The maximum Gasteiger partial charge on any atom is 0.191 e. The van der Waals surface area contributed by atoms with Crippen LogP contribution in [-0.2, 0) is 25.8 Å². The van der Waals surface area contributed by atoms with E-state index in [-0.39, 0.29) is 6.04 Å². The Balaban J connectivity index is 1.58. The maximum atomic E-state index is 5.38. The summed E-state index contributed by atoms with van der Waals surface area (Å²) in [5.41, 5.74) is 1.03. The molecule has 7 heteroatoms. The van der Waals surface area contributed by atoms with Gasteiger partial charge in [0.2, 0.25) is 0 Å². The summed E-state index contributed by atoms with van der Waals surface area (Å²) in [6, 6.07) is 4.18. The quantitative estimate of drug-likeness (QED) is 0.451. The van der Waals surface area contributed by atoms with E-state index in [4.69, 9.17) is 4.42 Å². The summed E-state index contributed by atoms with van der Waals surface area (Å²) < 4.78 is 7.41. The molecule has 0 aliphatic carbocycles. The third-order valence-corrected chi connectivity index (χ3v) is 4.31. The van der Waals surface area contributed by atoms with Gasteiger partial charge in [0.05, 0.1) is 19.4 Å². The molecule has 7 nitrogen and oxygen atoms in total. The fraction of sp³-hybridized carbons (Fsp3) is 0.526. The molecule has 3 heterocycles. The van der Waals surface area contributed by atoms with E-state index in [1.807, 2.05) is 23.7 Å². The highest BCUT2D eigenvalue weighted by atomic mass is 16.3. The number of nitrogens with zero attached hydrogens (tertiary/aromatic N) is 4. The zero-order valence-corrected chi connectivity index (χ0v) is 15.7. The highest BCUT2D eigenvalue weighted by Gasteiger charge is 2.22. The average molecular weight is 356 g/mol. The van der Waals surface area contributed by atoms with Gasteiger partial charge in [-0.05, 0) is 25.5 Å². The first-order valence-corrected chi connectivity index (χ1v) is 9.28. The molecule has 1 atom stereocenters. The largest absolute Gasteiger partial charge is 0.469 e. The number of aliphatic imine (C=N–C) groups is 1. The molecule has 1 unspecified atom stereocenters. The first kappa shape index (κ1) is 18.2. The minimum absolute atomic E-state index is 0.286. The fourth-order valence-corrected chi connectivity index (χ4v) is 2.95. The number of hydrogen-bond donors (Lipinski definition) is 2. The van der Waals surface area contributed by atoms with Crippen LogP contribution in [0.25, 0.3) is 0 Å². The van der Waals surface area contributed by atoms with Crippen LogP contribution in [0.5, 0.6) is 0 Å². The molecule has 0 amide bonds. The van der Waals surface area contributed by atoms with Crippen molar-refractivity contribution in [1.82, 2.24) is 25.4 Å². The normalized spacial score (nSPS) is 17.0. The number of fused-ring (bicyclic) bond motifs is 1. The van der Waals surface area contributed by atoms with Crippen molar-refractivity contribution in [2.24, 2.45) is 4.99 Å². The van der Waals surface area contributed by atoms with Gasteiger partial charge in [-0.3, -0.25) is 0 Å². The topological polar surface area (TPSA) is 80.3 Å². The van der Waals surface area contributed by atoms with Crippen LogP contribution in [0, 0.1) is 0 Å². The Kier molecular flexibility index (Phi) is 6.09. The van der Waals surface area contributed by atoms with Gasteiger partial charge < -0.3 is 15.1 Å². The fourth-order valence-electron chi connectivity index (χ4n) is 2.95. The first-order valence-electron chi connectivity index (χ1n) is 9.28. The summed E-state index contributed by atoms with van der Waals surface area (Å²) in [7, 11) is 0. The van der Waals surface area contributed by atoms with Gasteiger partial charge in [0, 0.05) is 31.8 Å². The lowest BCUT2D eigenvalue weighted by Crippen LogP contribution is -2.47. The lowest BCUT2D eigenvalue weighted by atomic mass is 10.1. The molecule has 2 aromatic rings. The summed E-state index contributed by atoms with van der Waals surface area (Å²) in [5, 5.41) is 11.5. The first-order chi connectivity index (χ1) is 12.6. The number of aromatic nitrogens is 3. The van der Waals surface area contributed by atoms with E-state index in [1.165, 1.54) is 0 Å². The van der Waals surface area contributed by atoms with Crippen molar-refractivity contribution in [3.63, 3.8) is 0 Å². The van der Waals surface area contributed by atoms with Crippen LogP contribution >= 0.6 is 0 Å². The van der Waals surface area contributed by atoms with Crippen molar-refractivity contribution < 1.29 is 4.42 Å². The van der Waals surface area contributed by atoms with Crippen molar-refractivity contribution in [2.75, 3.05) is 13.1 Å². The molecule has 140 valence electrons. The Morgan fingerprint density at radius 2 is 2.38 bits per heavy atom. The molecular weight excluding hydrogens is 328 g/mol. The van der Waals surface area contributed by atoms with E-state index in [9.17, 15) is 0 Å². The van der Waals surface area contributed by atoms with Crippen LogP contribution in [0.4, 0.5) is 0 Å². The summed E-state index contributed by atoms with van der Waals surface area (Å²) in [4.78, 5) is 9.21. The standard InChI is InChI=1S/C19H28N6O/c1-4-17-23-18-8-7-15(13-25(18)24-17)22-19(21-12-14(2)3)20-10-9-16-6-5-11-26-16/h5-6,11,15H,2,4,7-10,12-13H2,1,3H3,(H2,20,21,22). The highest BCUT2D eigenvalue weighted by Crippen LogP contribution is 2.13. The lowest BCUT2D eigenvalue weighted by Gasteiger charge is -2.25. The van der Waals surface area contributed by atoms with Crippen molar-refractivity contribution in [1.29, 1.82) is 0 Å². The van der Waals surface area contributed by atoms with Gasteiger partial charge in [-0.15, -0.1) is 0 Å². The predicted octanol–water partition coefficient (Wildman–Crippen LogP) is 2.10. The number of guanidine groups is 1. The van der Waals surface area contributed by atoms with Gasteiger partial charge in [-0.25, -0.2) is 14.7 Å². The molecule has 2 aromatic heterocycles. The molecule has 0 spiro atoms. The number of aryl methyl sites for hydroxylation is 2. The second-order valence-corrected chi connectivity index (χ2v) is 6.74. The second kappa shape index (κ2) is 8.69. The van der Waals surface area contributed by atoms with Gasteiger partial charge >= 0.3 is 0 Å². The monoisotopic (exact) mass is 356 g/mol. The molecule has 3 rings (SSSR count). The van der Waals surface area contributed by atoms with E-state index in [0.29, 0.717) is 6.54 Å². The Hall–Kier alpha value is -2.57. The molecule has 0 saturated carbocycles. The number of furan rings is 1. The minimum atomic E-state index is 0.286. The smallest absolute Gasteiger partial charge is 0.191 e. The molecule has 0 fully saturated rings. The molecule has 1 aliphatic rings. The van der Waals surface area contributed by atoms with Crippen molar-refractivity contribution >= 4 is 5.96 Å². The highest BCUT2D eigenvalue weighted by molar-refractivity contribution is 5.80. The van der Waals surface area contributed by atoms with E-state index < -0.39 is 0 Å². The summed E-state index contributed by atoms with van der Waals surface area (Å²) in [6.45, 7) is 10.2. The summed E-state index contributed by atoms with van der Waals surface area (Å²) >= 11 is 0. The van der Waals surface area contributed by atoms with Crippen LogP contribution in [0.1, 0.15) is 37.7 Å². The third kappa shape index (κ3) is 4.97. The Labute approximate surface area is 154 Å². The van der Waals surface area contributed by atoms with Crippen molar-refractivity contribution in [3.8, 4) is 0 Å². The van der Waals surface area contributed by atoms with E-state index in [0.717, 1.165) is 67.7 Å². The SMILES string of the molecule is C=C(C)CN=C(NCCc1ccco1)NC1CCc2nc(CC)nn2C1. The molecule has 0 aromatic carbocycles. The second-order valence-electron chi connectivity index (χ2n) is 6.74. The Morgan fingerprint density at radius 1 is 1.50 bits per heavy atom. The molecule has 26 heavy (non-hydrogen) atoms. The van der Waals surface area contributed by atoms with Crippen LogP contribution in [0.3, 0.4) is 0 Å². The minimum Gasteiger partial charge on any atom is -0.469 e. The van der Waals surface area contributed by atoms with Crippen LogP contribution in [-0.4, -0.2) is 39.9 Å². The lowest BCUT2D eigenvalue weighted by molar-refractivity contribution is 0.392. The zero-order chi connectivity index (χ0) is 18.4. The number of nitrogens with one attached hydrogen (secondary N) is 2. The van der Waals surface area contributed by atoms with Gasteiger partial charge in [-0.2, -0.15) is 5.10 Å². The summed E-state index contributed by atoms with van der Waals surface area (Å²) in [6.07, 6.45) is 5.35. The van der Waals surface area contributed by atoms with Gasteiger partial charge in [0.15, 0.2) is 11.8 Å².